The number of nitrogens with one attached hydrogen (secondary N) is 1. The van der Waals surface area contributed by atoms with Crippen LogP contribution in [-0.2, 0) is 6.54 Å². The first-order valence-corrected chi connectivity index (χ1v) is 8.56. The maximum absolute atomic E-state index is 3.38. The third-order valence-corrected chi connectivity index (χ3v) is 5.01. The predicted octanol–water partition coefficient (Wildman–Crippen LogP) is 4.96. The Morgan fingerprint density at radius 1 is 1.10 bits per heavy atom. The van der Waals surface area contributed by atoms with Gasteiger partial charge in [-0.25, -0.2) is 0 Å². The van der Waals surface area contributed by atoms with E-state index in [1.807, 2.05) is 0 Å². The predicted molar refractivity (Wildman–Crippen MR) is 90.4 cm³/mol. The average Bonchev–Trinajstić information content (AvgIpc) is 2.73. The van der Waals surface area contributed by atoms with Crippen molar-refractivity contribution in [1.29, 1.82) is 0 Å². The van der Waals surface area contributed by atoms with Crippen LogP contribution in [-0.4, -0.2) is 23.5 Å². The summed E-state index contributed by atoms with van der Waals surface area (Å²) in [6.45, 7) is 2.28. The van der Waals surface area contributed by atoms with Crippen LogP contribution in [0.2, 0.25) is 0 Å². The molecule has 1 heterocycles. The molecule has 1 fully saturated rings. The Morgan fingerprint density at radius 3 is 2.67 bits per heavy atom. The topological polar surface area (TPSA) is 19.0 Å². The third kappa shape index (κ3) is 3.88. The molecule has 1 aliphatic carbocycles. The summed E-state index contributed by atoms with van der Waals surface area (Å²) in [5, 5.41) is 1.37. The van der Waals surface area contributed by atoms with Crippen LogP contribution in [0.25, 0.3) is 10.9 Å². The second kappa shape index (κ2) is 7.13. The summed E-state index contributed by atoms with van der Waals surface area (Å²) in [4.78, 5) is 5.87. The monoisotopic (exact) mass is 284 g/mol. The lowest BCUT2D eigenvalue weighted by atomic mass is 9.96. The molecule has 1 saturated carbocycles. The number of nitrogens with zero attached hydrogens (tertiary/aromatic N) is 1. The molecule has 2 heteroatoms. The van der Waals surface area contributed by atoms with E-state index >= 15 is 0 Å². The van der Waals surface area contributed by atoms with Crippen molar-refractivity contribution in [1.82, 2.24) is 9.88 Å². The van der Waals surface area contributed by atoms with E-state index in [0.717, 1.165) is 12.5 Å². The van der Waals surface area contributed by atoms with Gasteiger partial charge in [0.15, 0.2) is 0 Å². The number of H-pyrrole nitrogens is 1. The highest BCUT2D eigenvalue weighted by Crippen LogP contribution is 2.26. The first-order chi connectivity index (χ1) is 10.3. The minimum absolute atomic E-state index is 0.970. The fraction of sp³-hybridized carbons (Fsp3) is 0.579. The SMILES string of the molecule is CN(CCC1CCCCCC1)Cc1c[nH]c2ccccc12. The van der Waals surface area contributed by atoms with Crippen molar-refractivity contribution in [3.63, 3.8) is 0 Å². The number of benzene rings is 1. The van der Waals surface area contributed by atoms with Crippen LogP contribution in [0.5, 0.6) is 0 Å². The van der Waals surface area contributed by atoms with Gasteiger partial charge in [-0.3, -0.25) is 0 Å². The normalized spacial score (nSPS) is 17.4. The van der Waals surface area contributed by atoms with Crippen molar-refractivity contribution in [2.45, 2.75) is 51.5 Å². The van der Waals surface area contributed by atoms with Gasteiger partial charge in [-0.15, -0.1) is 0 Å². The van der Waals surface area contributed by atoms with Crippen molar-refractivity contribution < 1.29 is 0 Å². The minimum Gasteiger partial charge on any atom is -0.361 e. The standard InChI is InChI=1S/C19H28N2/c1-21(13-12-16-8-4-2-3-5-9-16)15-17-14-20-19-11-7-6-10-18(17)19/h6-7,10-11,14,16,20H,2-5,8-9,12-13,15H2,1H3. The van der Waals surface area contributed by atoms with Crippen LogP contribution < -0.4 is 0 Å². The van der Waals surface area contributed by atoms with Crippen LogP contribution in [0, 0.1) is 5.92 Å². The third-order valence-electron chi connectivity index (χ3n) is 5.01. The quantitative estimate of drug-likeness (QED) is 0.769. The van der Waals surface area contributed by atoms with Crippen LogP contribution in [0.15, 0.2) is 30.5 Å². The van der Waals surface area contributed by atoms with Crippen LogP contribution in [0.3, 0.4) is 0 Å². The smallest absolute Gasteiger partial charge is 0.0457 e. The number of fused-ring (bicyclic) bond motifs is 1. The van der Waals surface area contributed by atoms with Gasteiger partial charge in [0.1, 0.15) is 0 Å². The van der Waals surface area contributed by atoms with Gasteiger partial charge < -0.3 is 9.88 Å². The lowest BCUT2D eigenvalue weighted by Gasteiger charge is -2.20. The Balaban J connectivity index is 1.52. The molecule has 1 aliphatic rings. The van der Waals surface area contributed by atoms with E-state index in [2.05, 4.69) is 47.4 Å². The molecule has 21 heavy (non-hydrogen) atoms. The summed E-state index contributed by atoms with van der Waals surface area (Å²) in [5.41, 5.74) is 2.68. The fourth-order valence-corrected chi connectivity index (χ4v) is 3.69. The van der Waals surface area contributed by atoms with Crippen molar-refractivity contribution >= 4 is 10.9 Å². The zero-order chi connectivity index (χ0) is 14.5. The molecule has 2 aromatic rings. The number of aromatic amines is 1. The summed E-state index contributed by atoms with van der Waals surface area (Å²) in [5.74, 6) is 0.970. The number of aromatic nitrogens is 1. The summed E-state index contributed by atoms with van der Waals surface area (Å²) >= 11 is 0. The van der Waals surface area contributed by atoms with E-state index in [-0.39, 0.29) is 0 Å². The molecule has 2 nitrogen and oxygen atoms in total. The lowest BCUT2D eigenvalue weighted by molar-refractivity contribution is 0.283. The molecule has 0 atom stereocenters. The van der Waals surface area contributed by atoms with Crippen molar-refractivity contribution in [2.75, 3.05) is 13.6 Å². The Labute approximate surface area is 128 Å². The molecule has 0 unspecified atom stereocenters. The molecule has 0 amide bonds. The van der Waals surface area contributed by atoms with Crippen LogP contribution in [0.4, 0.5) is 0 Å². The molecule has 3 rings (SSSR count). The van der Waals surface area contributed by atoms with Gasteiger partial charge >= 0.3 is 0 Å². The number of rotatable bonds is 5. The molecule has 0 aliphatic heterocycles. The highest BCUT2D eigenvalue weighted by Gasteiger charge is 2.13. The van der Waals surface area contributed by atoms with E-state index in [1.54, 1.807) is 0 Å². The summed E-state index contributed by atoms with van der Waals surface area (Å²) in [6.07, 6.45) is 12.3. The Morgan fingerprint density at radius 2 is 1.86 bits per heavy atom. The molecule has 1 N–H and O–H groups in total. The van der Waals surface area contributed by atoms with Crippen LogP contribution >= 0.6 is 0 Å². The molecule has 114 valence electrons. The molecule has 0 spiro atoms. The first-order valence-electron chi connectivity index (χ1n) is 8.56. The largest absolute Gasteiger partial charge is 0.361 e. The number of para-hydroxylation sites is 1. The second-order valence-electron chi connectivity index (χ2n) is 6.74. The van der Waals surface area contributed by atoms with Gasteiger partial charge in [-0.05, 0) is 37.6 Å². The van der Waals surface area contributed by atoms with Crippen LogP contribution in [0.1, 0.15) is 50.5 Å². The molecule has 0 radical (unpaired) electrons. The van der Waals surface area contributed by atoms with E-state index in [9.17, 15) is 0 Å². The zero-order valence-electron chi connectivity index (χ0n) is 13.3. The van der Waals surface area contributed by atoms with E-state index in [0.29, 0.717) is 0 Å². The zero-order valence-corrected chi connectivity index (χ0v) is 13.3. The highest BCUT2D eigenvalue weighted by atomic mass is 15.1. The number of hydrogen-bond donors (Lipinski definition) is 1. The Kier molecular flexibility index (Phi) is 4.97. The summed E-state index contributed by atoms with van der Waals surface area (Å²) in [7, 11) is 2.26. The summed E-state index contributed by atoms with van der Waals surface area (Å²) in [6, 6.07) is 8.61. The second-order valence-corrected chi connectivity index (χ2v) is 6.74. The molecule has 1 aromatic heterocycles. The molecule has 0 bridgehead atoms. The van der Waals surface area contributed by atoms with Gasteiger partial charge in [-0.1, -0.05) is 56.7 Å². The number of hydrogen-bond acceptors (Lipinski definition) is 1. The van der Waals surface area contributed by atoms with Gasteiger partial charge in [0.05, 0.1) is 0 Å². The Bertz CT molecular complexity index is 549. The minimum atomic E-state index is 0.970. The van der Waals surface area contributed by atoms with Gasteiger partial charge in [-0.2, -0.15) is 0 Å². The van der Waals surface area contributed by atoms with E-state index in [1.165, 1.54) is 68.0 Å². The van der Waals surface area contributed by atoms with Gasteiger partial charge in [0.25, 0.3) is 0 Å². The highest BCUT2D eigenvalue weighted by molar-refractivity contribution is 5.82. The maximum atomic E-state index is 3.38. The first kappa shape index (κ1) is 14.6. The maximum Gasteiger partial charge on any atom is 0.0457 e. The summed E-state index contributed by atoms with van der Waals surface area (Å²) < 4.78 is 0. The lowest BCUT2D eigenvalue weighted by Crippen LogP contribution is -2.21. The molecule has 1 aromatic carbocycles. The Hall–Kier alpha value is -1.28. The van der Waals surface area contributed by atoms with Crippen molar-refractivity contribution in [3.8, 4) is 0 Å². The molecular formula is C19H28N2. The van der Waals surface area contributed by atoms with Crippen molar-refractivity contribution in [3.05, 3.63) is 36.0 Å². The molecule has 0 saturated heterocycles. The van der Waals surface area contributed by atoms with Gasteiger partial charge in [0, 0.05) is 23.6 Å². The fourth-order valence-electron chi connectivity index (χ4n) is 3.69. The molecular weight excluding hydrogens is 256 g/mol. The van der Waals surface area contributed by atoms with Gasteiger partial charge in [0.2, 0.25) is 0 Å². The van der Waals surface area contributed by atoms with Crippen molar-refractivity contribution in [2.24, 2.45) is 5.92 Å². The average molecular weight is 284 g/mol. The van der Waals surface area contributed by atoms with E-state index < -0.39 is 0 Å². The van der Waals surface area contributed by atoms with E-state index in [4.69, 9.17) is 0 Å².